The molecule has 6 heteroatoms. The molecule has 0 aliphatic rings. The topological polar surface area (TPSA) is 43.6 Å². The molecule has 0 spiro atoms. The Hall–Kier alpha value is -7.77. The van der Waals surface area contributed by atoms with Crippen LogP contribution in [0.5, 0.6) is 0 Å². The monoisotopic (exact) mass is 866 g/mol. The molecular formula is C59H38N4S2. The average molecular weight is 867 g/mol. The van der Waals surface area contributed by atoms with Gasteiger partial charge in [0.2, 0.25) is 0 Å². The van der Waals surface area contributed by atoms with Gasteiger partial charge in [-0.2, -0.15) is 0 Å². The summed E-state index contributed by atoms with van der Waals surface area (Å²) in [5.41, 5.74) is 13.3. The van der Waals surface area contributed by atoms with E-state index in [0.29, 0.717) is 17.5 Å². The molecule has 4 nitrogen and oxygen atoms in total. The van der Waals surface area contributed by atoms with Gasteiger partial charge in [-0.25, -0.2) is 15.0 Å². The van der Waals surface area contributed by atoms with Gasteiger partial charge in [-0.1, -0.05) is 139 Å². The van der Waals surface area contributed by atoms with Crippen molar-refractivity contribution in [3.63, 3.8) is 0 Å². The van der Waals surface area contributed by atoms with Gasteiger partial charge in [0.25, 0.3) is 0 Å². The summed E-state index contributed by atoms with van der Waals surface area (Å²) in [6.45, 7) is 4.27. The van der Waals surface area contributed by atoms with Crippen LogP contribution in [0, 0.1) is 13.8 Å². The number of para-hydroxylation sites is 3. The number of hydrogen-bond donors (Lipinski definition) is 0. The predicted octanol–water partition coefficient (Wildman–Crippen LogP) is 16.7. The Bertz CT molecular complexity index is 4020. The van der Waals surface area contributed by atoms with Gasteiger partial charge in [-0.05, 0) is 97.3 Å². The largest absolute Gasteiger partial charge is 0.308 e. The minimum Gasteiger partial charge on any atom is -0.308 e. The van der Waals surface area contributed by atoms with Gasteiger partial charge in [-0.3, -0.25) is 0 Å². The van der Waals surface area contributed by atoms with Crippen LogP contribution in [0.4, 0.5) is 0 Å². The maximum absolute atomic E-state index is 5.44. The Labute approximate surface area is 383 Å². The third-order valence-electron chi connectivity index (χ3n) is 12.7. The molecule has 0 atom stereocenters. The van der Waals surface area contributed by atoms with Crippen molar-refractivity contribution in [3.05, 3.63) is 205 Å². The summed E-state index contributed by atoms with van der Waals surface area (Å²) >= 11 is 3.70. The first-order chi connectivity index (χ1) is 32.0. The molecule has 0 fully saturated rings. The summed E-state index contributed by atoms with van der Waals surface area (Å²) in [7, 11) is 0. The highest BCUT2D eigenvalue weighted by atomic mass is 32.1. The molecule has 0 bridgehead atoms. The second-order valence-corrected chi connectivity index (χ2v) is 19.1. The molecule has 4 aromatic heterocycles. The number of fused-ring (bicyclic) bond motifs is 9. The summed E-state index contributed by atoms with van der Waals surface area (Å²) in [5.74, 6) is 1.92. The summed E-state index contributed by atoms with van der Waals surface area (Å²) < 4.78 is 7.53. The number of hydrogen-bond acceptors (Lipinski definition) is 5. The second-order valence-electron chi connectivity index (χ2n) is 16.9. The van der Waals surface area contributed by atoms with Crippen LogP contribution in [0.1, 0.15) is 11.1 Å². The Balaban J connectivity index is 1.03. The van der Waals surface area contributed by atoms with Crippen molar-refractivity contribution in [3.8, 4) is 62.1 Å². The molecule has 0 aliphatic heterocycles. The standard InChI is InChI=1S/C59H38N4S2/c1-35-30-36(2)32-40(31-35)58-60-57(39-27-29-54-49(34-39)48-33-38(26-28-53(48)64-54)42-19-12-21-46-44-18-8-11-25-52(44)65-56(42)46)61-59(62-58)47-22-13-20-45-43-17-7-10-24-51(43)63(55(45)47)50-23-9-6-16-41(50)37-14-4-3-5-15-37/h3-34H,1-2H3. The van der Waals surface area contributed by atoms with Crippen molar-refractivity contribution < 1.29 is 0 Å². The predicted molar refractivity (Wildman–Crippen MR) is 277 cm³/mol. The lowest BCUT2D eigenvalue weighted by atomic mass is 10.00. The number of thiophene rings is 2. The third kappa shape index (κ3) is 6.21. The van der Waals surface area contributed by atoms with Crippen LogP contribution in [0.2, 0.25) is 0 Å². The van der Waals surface area contributed by atoms with E-state index < -0.39 is 0 Å². The average Bonchev–Trinajstić information content (AvgIpc) is 4.03. The van der Waals surface area contributed by atoms with Crippen molar-refractivity contribution in [2.45, 2.75) is 13.8 Å². The Kier molecular flexibility index (Phi) is 8.66. The molecule has 65 heavy (non-hydrogen) atoms. The maximum Gasteiger partial charge on any atom is 0.166 e. The molecule has 0 unspecified atom stereocenters. The normalized spacial score (nSPS) is 11.8. The lowest BCUT2D eigenvalue weighted by molar-refractivity contribution is 1.07. The number of benzene rings is 9. The third-order valence-corrected chi connectivity index (χ3v) is 15.1. The molecule has 13 rings (SSSR count). The zero-order valence-electron chi connectivity index (χ0n) is 35.6. The minimum absolute atomic E-state index is 0.630. The van der Waals surface area contributed by atoms with Crippen molar-refractivity contribution in [1.82, 2.24) is 19.5 Å². The van der Waals surface area contributed by atoms with E-state index in [2.05, 4.69) is 213 Å². The lowest BCUT2D eigenvalue weighted by Gasteiger charge is -2.16. The quantitative estimate of drug-likeness (QED) is 0.167. The summed E-state index contributed by atoms with van der Waals surface area (Å²) in [6.07, 6.45) is 0. The van der Waals surface area contributed by atoms with E-state index in [4.69, 9.17) is 15.0 Å². The Morgan fingerprint density at radius 2 is 0.938 bits per heavy atom. The zero-order chi connectivity index (χ0) is 43.2. The van der Waals surface area contributed by atoms with E-state index >= 15 is 0 Å². The van der Waals surface area contributed by atoms with E-state index in [1.165, 1.54) is 56.9 Å². The number of aromatic nitrogens is 4. The fraction of sp³-hybridized carbons (Fsp3) is 0.0339. The SMILES string of the molecule is Cc1cc(C)cc(-c2nc(-c3ccc4sc5ccc(-c6cccc7c6sc6ccccc67)cc5c4c3)nc(-c3cccc4c5ccccc5n(-c5ccccc5-c5ccccc5)c34)n2)c1. The summed E-state index contributed by atoms with van der Waals surface area (Å²) in [6, 6.07) is 70.2. The van der Waals surface area contributed by atoms with Gasteiger partial charge in [0.15, 0.2) is 17.5 Å². The van der Waals surface area contributed by atoms with Crippen molar-refractivity contribution in [2.24, 2.45) is 0 Å². The van der Waals surface area contributed by atoms with Gasteiger partial charge in [0.1, 0.15) is 0 Å². The van der Waals surface area contributed by atoms with Crippen LogP contribution >= 0.6 is 22.7 Å². The van der Waals surface area contributed by atoms with Crippen LogP contribution in [0.15, 0.2) is 194 Å². The van der Waals surface area contributed by atoms with Gasteiger partial charge < -0.3 is 4.57 Å². The van der Waals surface area contributed by atoms with Gasteiger partial charge in [0.05, 0.1) is 16.7 Å². The molecule has 0 N–H and O–H groups in total. The van der Waals surface area contributed by atoms with E-state index in [1.54, 1.807) is 0 Å². The van der Waals surface area contributed by atoms with Crippen LogP contribution in [-0.2, 0) is 0 Å². The number of nitrogens with zero attached hydrogens (tertiary/aromatic N) is 4. The van der Waals surface area contributed by atoms with Gasteiger partial charge >= 0.3 is 0 Å². The Morgan fingerprint density at radius 1 is 0.354 bits per heavy atom. The van der Waals surface area contributed by atoms with E-state index in [1.807, 2.05) is 22.7 Å². The summed E-state index contributed by atoms with van der Waals surface area (Å²) in [4.78, 5) is 16.1. The highest BCUT2D eigenvalue weighted by Gasteiger charge is 2.22. The van der Waals surface area contributed by atoms with Crippen LogP contribution in [0.25, 0.3) is 124 Å². The summed E-state index contributed by atoms with van der Waals surface area (Å²) in [5, 5.41) is 7.37. The van der Waals surface area contributed by atoms with E-state index in [-0.39, 0.29) is 0 Å². The van der Waals surface area contributed by atoms with Crippen LogP contribution in [-0.4, -0.2) is 19.5 Å². The maximum atomic E-state index is 5.44. The smallest absolute Gasteiger partial charge is 0.166 e. The van der Waals surface area contributed by atoms with E-state index in [9.17, 15) is 0 Å². The lowest BCUT2D eigenvalue weighted by Crippen LogP contribution is -2.03. The second kappa shape index (κ2) is 14.9. The first-order valence-corrected chi connectivity index (χ1v) is 23.6. The fourth-order valence-electron chi connectivity index (χ4n) is 9.90. The van der Waals surface area contributed by atoms with Crippen molar-refractivity contribution in [2.75, 3.05) is 0 Å². The number of rotatable bonds is 6. The molecule has 306 valence electrons. The molecule has 0 saturated heterocycles. The molecular weight excluding hydrogens is 829 g/mol. The van der Waals surface area contributed by atoms with Gasteiger partial charge in [0, 0.05) is 73.4 Å². The minimum atomic E-state index is 0.630. The Morgan fingerprint density at radius 3 is 1.75 bits per heavy atom. The molecule has 13 aromatic rings. The molecule has 4 heterocycles. The van der Waals surface area contributed by atoms with Gasteiger partial charge in [-0.15, -0.1) is 22.7 Å². The first kappa shape index (κ1) is 37.8. The highest BCUT2D eigenvalue weighted by Crippen LogP contribution is 2.44. The van der Waals surface area contributed by atoms with Crippen molar-refractivity contribution >= 4 is 84.8 Å². The molecule has 0 aliphatic carbocycles. The van der Waals surface area contributed by atoms with E-state index in [0.717, 1.165) is 61.1 Å². The molecule has 9 aromatic carbocycles. The molecule has 0 amide bonds. The first-order valence-electron chi connectivity index (χ1n) is 21.9. The zero-order valence-corrected chi connectivity index (χ0v) is 37.2. The van der Waals surface area contributed by atoms with Crippen LogP contribution in [0.3, 0.4) is 0 Å². The highest BCUT2D eigenvalue weighted by molar-refractivity contribution is 7.26. The fourth-order valence-corrected chi connectivity index (χ4v) is 12.2. The van der Waals surface area contributed by atoms with Crippen LogP contribution < -0.4 is 0 Å². The molecule has 0 radical (unpaired) electrons. The molecule has 0 saturated carbocycles. The van der Waals surface area contributed by atoms with Crippen molar-refractivity contribution in [1.29, 1.82) is 0 Å². The number of aryl methyl sites for hydroxylation is 2.